The molecule has 0 saturated carbocycles. The summed E-state index contributed by atoms with van der Waals surface area (Å²) in [7, 11) is 3.67. The zero-order valence-corrected chi connectivity index (χ0v) is 12.4. The van der Waals surface area contributed by atoms with E-state index in [-0.39, 0.29) is 5.91 Å². The third kappa shape index (κ3) is 2.17. The van der Waals surface area contributed by atoms with Crippen molar-refractivity contribution in [2.75, 3.05) is 23.9 Å². The number of anilines is 3. The summed E-state index contributed by atoms with van der Waals surface area (Å²) in [5.41, 5.74) is 4.71. The van der Waals surface area contributed by atoms with Crippen molar-refractivity contribution < 1.29 is 9.90 Å². The zero-order valence-electron chi connectivity index (χ0n) is 12.4. The van der Waals surface area contributed by atoms with Crippen LogP contribution in [-0.2, 0) is 4.79 Å². The number of rotatable bonds is 2. The van der Waals surface area contributed by atoms with Crippen LogP contribution in [0.4, 0.5) is 17.1 Å². The van der Waals surface area contributed by atoms with Gasteiger partial charge in [-0.1, -0.05) is 23.8 Å². The van der Waals surface area contributed by atoms with Crippen molar-refractivity contribution in [1.29, 1.82) is 0 Å². The number of aliphatic hydroxyl groups excluding tert-OH is 1. The molecule has 1 aliphatic rings. The van der Waals surface area contributed by atoms with Gasteiger partial charge >= 0.3 is 0 Å². The lowest BCUT2D eigenvalue weighted by atomic mass is 10.1. The first-order valence-corrected chi connectivity index (χ1v) is 6.89. The Balaban J connectivity index is 1.98. The topological polar surface area (TPSA) is 43.8 Å². The van der Waals surface area contributed by atoms with Crippen molar-refractivity contribution in [3.05, 3.63) is 53.6 Å². The van der Waals surface area contributed by atoms with Crippen LogP contribution in [-0.4, -0.2) is 25.1 Å². The highest BCUT2D eigenvalue weighted by molar-refractivity contribution is 6.04. The number of aryl methyl sites for hydroxylation is 1. The standard InChI is InChI=1S/C17H18N2O2/c1-11-4-6-12(7-5-11)18(2)13-8-9-14-15(10-13)19(3)17(21)16(14)20/h4-10,16,20H,1-3H3. The highest BCUT2D eigenvalue weighted by Gasteiger charge is 2.33. The number of hydrogen-bond donors (Lipinski definition) is 1. The molecule has 4 nitrogen and oxygen atoms in total. The fourth-order valence-electron chi connectivity index (χ4n) is 2.61. The number of carbonyl (C=O) groups excluding carboxylic acids is 1. The van der Waals surface area contributed by atoms with E-state index >= 15 is 0 Å². The fraction of sp³-hybridized carbons (Fsp3) is 0.235. The van der Waals surface area contributed by atoms with Gasteiger partial charge in [-0.05, 0) is 31.2 Å². The van der Waals surface area contributed by atoms with E-state index in [4.69, 9.17) is 0 Å². The van der Waals surface area contributed by atoms with Gasteiger partial charge in [0.2, 0.25) is 0 Å². The van der Waals surface area contributed by atoms with E-state index in [0.717, 1.165) is 17.1 Å². The van der Waals surface area contributed by atoms with Crippen LogP contribution in [0.15, 0.2) is 42.5 Å². The summed E-state index contributed by atoms with van der Waals surface area (Å²) in [6, 6.07) is 13.9. The van der Waals surface area contributed by atoms with Crippen molar-refractivity contribution in [3.8, 4) is 0 Å². The van der Waals surface area contributed by atoms with Gasteiger partial charge in [0.25, 0.3) is 5.91 Å². The first kappa shape index (κ1) is 13.6. The molecule has 0 fully saturated rings. The molecule has 4 heteroatoms. The van der Waals surface area contributed by atoms with Crippen LogP contribution < -0.4 is 9.80 Å². The third-order valence-electron chi connectivity index (χ3n) is 4.04. The van der Waals surface area contributed by atoms with Crippen molar-refractivity contribution >= 4 is 23.0 Å². The second kappa shape index (κ2) is 4.90. The Bertz CT molecular complexity index is 694. The van der Waals surface area contributed by atoms with Crippen LogP contribution in [0.3, 0.4) is 0 Å². The Morgan fingerprint density at radius 3 is 2.38 bits per heavy atom. The predicted molar refractivity (Wildman–Crippen MR) is 84.1 cm³/mol. The van der Waals surface area contributed by atoms with Gasteiger partial charge in [-0.15, -0.1) is 0 Å². The Hall–Kier alpha value is -2.33. The lowest BCUT2D eigenvalue weighted by Gasteiger charge is -2.21. The van der Waals surface area contributed by atoms with Crippen molar-refractivity contribution in [2.24, 2.45) is 0 Å². The van der Waals surface area contributed by atoms with Crippen LogP contribution in [0.1, 0.15) is 17.2 Å². The minimum atomic E-state index is -1.04. The molecule has 2 aromatic carbocycles. The van der Waals surface area contributed by atoms with E-state index in [0.29, 0.717) is 5.56 Å². The van der Waals surface area contributed by atoms with Crippen molar-refractivity contribution in [1.82, 2.24) is 0 Å². The molecule has 3 rings (SSSR count). The maximum Gasteiger partial charge on any atom is 0.260 e. The molecule has 1 atom stereocenters. The van der Waals surface area contributed by atoms with Gasteiger partial charge in [-0.2, -0.15) is 0 Å². The molecule has 1 heterocycles. The summed E-state index contributed by atoms with van der Waals surface area (Å²) < 4.78 is 0. The molecule has 0 radical (unpaired) electrons. The van der Waals surface area contributed by atoms with Crippen molar-refractivity contribution in [2.45, 2.75) is 13.0 Å². The Kier molecular flexibility index (Phi) is 3.18. The van der Waals surface area contributed by atoms with Crippen LogP contribution in [0.5, 0.6) is 0 Å². The molecule has 108 valence electrons. The summed E-state index contributed by atoms with van der Waals surface area (Å²) in [6.45, 7) is 2.06. The Morgan fingerprint density at radius 2 is 1.71 bits per heavy atom. The number of aliphatic hydroxyl groups is 1. The molecule has 0 aromatic heterocycles. The largest absolute Gasteiger partial charge is 0.378 e. The van der Waals surface area contributed by atoms with Crippen LogP contribution in [0.2, 0.25) is 0 Å². The molecule has 21 heavy (non-hydrogen) atoms. The molecule has 1 unspecified atom stereocenters. The zero-order chi connectivity index (χ0) is 15.1. The summed E-state index contributed by atoms with van der Waals surface area (Å²) in [5, 5.41) is 9.89. The number of amides is 1. The molecule has 0 bridgehead atoms. The predicted octanol–water partition coefficient (Wildman–Crippen LogP) is 2.77. The molecule has 1 aliphatic heterocycles. The highest BCUT2D eigenvalue weighted by Crippen LogP contribution is 2.38. The van der Waals surface area contributed by atoms with Gasteiger partial charge in [-0.3, -0.25) is 4.79 Å². The van der Waals surface area contributed by atoms with Crippen LogP contribution in [0, 0.1) is 6.92 Å². The summed E-state index contributed by atoms with van der Waals surface area (Å²) in [5.74, 6) is -0.278. The van der Waals surface area contributed by atoms with E-state index in [2.05, 4.69) is 36.1 Å². The van der Waals surface area contributed by atoms with Crippen molar-refractivity contribution in [3.63, 3.8) is 0 Å². The quantitative estimate of drug-likeness (QED) is 0.921. The summed E-state index contributed by atoms with van der Waals surface area (Å²) in [4.78, 5) is 15.4. The first-order valence-electron chi connectivity index (χ1n) is 6.89. The molecule has 1 N–H and O–H groups in total. The number of hydrogen-bond acceptors (Lipinski definition) is 3. The highest BCUT2D eigenvalue weighted by atomic mass is 16.3. The maximum atomic E-state index is 11.8. The molecule has 0 saturated heterocycles. The van der Waals surface area contributed by atoms with Crippen LogP contribution in [0.25, 0.3) is 0 Å². The molecular formula is C17H18N2O2. The lowest BCUT2D eigenvalue weighted by molar-refractivity contribution is -0.125. The molecule has 1 amide bonds. The Morgan fingerprint density at radius 1 is 1.10 bits per heavy atom. The number of carbonyl (C=O) groups is 1. The summed E-state index contributed by atoms with van der Waals surface area (Å²) in [6.07, 6.45) is -1.04. The number of nitrogens with zero attached hydrogens (tertiary/aromatic N) is 2. The normalized spacial score (nSPS) is 17.0. The smallest absolute Gasteiger partial charge is 0.260 e. The van der Waals surface area contributed by atoms with E-state index in [1.807, 2.05) is 25.2 Å². The fourth-order valence-corrected chi connectivity index (χ4v) is 2.61. The number of fused-ring (bicyclic) bond motifs is 1. The van der Waals surface area contributed by atoms with E-state index in [9.17, 15) is 9.90 Å². The minimum absolute atomic E-state index is 0.278. The SMILES string of the molecule is Cc1ccc(N(C)c2ccc3c(c2)N(C)C(=O)C3O)cc1. The Labute approximate surface area is 124 Å². The first-order chi connectivity index (χ1) is 9.99. The number of likely N-dealkylation sites (N-methyl/N-ethyl adjacent to an activating group) is 1. The minimum Gasteiger partial charge on any atom is -0.378 e. The summed E-state index contributed by atoms with van der Waals surface area (Å²) >= 11 is 0. The van der Waals surface area contributed by atoms with Gasteiger partial charge in [0.15, 0.2) is 6.10 Å². The lowest BCUT2D eigenvalue weighted by Crippen LogP contribution is -2.23. The van der Waals surface area contributed by atoms with E-state index in [1.54, 1.807) is 7.05 Å². The number of benzene rings is 2. The van der Waals surface area contributed by atoms with Gasteiger partial charge in [0.05, 0.1) is 5.69 Å². The average Bonchev–Trinajstić information content (AvgIpc) is 2.72. The van der Waals surface area contributed by atoms with Crippen LogP contribution >= 0.6 is 0 Å². The van der Waals surface area contributed by atoms with Gasteiger partial charge in [0.1, 0.15) is 0 Å². The van der Waals surface area contributed by atoms with Gasteiger partial charge in [-0.25, -0.2) is 0 Å². The molecule has 0 spiro atoms. The van der Waals surface area contributed by atoms with Gasteiger partial charge in [0, 0.05) is 31.0 Å². The molecule has 2 aromatic rings. The van der Waals surface area contributed by atoms with Gasteiger partial charge < -0.3 is 14.9 Å². The third-order valence-corrected chi connectivity index (χ3v) is 4.04. The maximum absolute atomic E-state index is 11.8. The monoisotopic (exact) mass is 282 g/mol. The van der Waals surface area contributed by atoms with E-state index < -0.39 is 6.10 Å². The van der Waals surface area contributed by atoms with E-state index in [1.165, 1.54) is 10.5 Å². The second-order valence-corrected chi connectivity index (χ2v) is 5.44. The average molecular weight is 282 g/mol. The second-order valence-electron chi connectivity index (χ2n) is 5.44. The molecule has 0 aliphatic carbocycles. The molecular weight excluding hydrogens is 264 g/mol.